The third-order valence-corrected chi connectivity index (χ3v) is 6.72. The first-order valence-corrected chi connectivity index (χ1v) is 10.8. The molecule has 0 radical (unpaired) electrons. The number of benzene rings is 1. The lowest BCUT2D eigenvalue weighted by molar-refractivity contribution is 0.378. The first-order valence-electron chi connectivity index (χ1n) is 10.5. The van der Waals surface area contributed by atoms with Crippen LogP contribution in [0, 0.1) is 5.92 Å². The summed E-state index contributed by atoms with van der Waals surface area (Å²) < 4.78 is 2.08. The molecule has 1 aliphatic rings. The maximum Gasteiger partial charge on any atom is 0.150 e. The molecule has 160 valence electrons. The van der Waals surface area contributed by atoms with Crippen LogP contribution >= 0.6 is 11.6 Å². The van der Waals surface area contributed by atoms with Gasteiger partial charge in [0.25, 0.3) is 0 Å². The van der Waals surface area contributed by atoms with Gasteiger partial charge < -0.3 is 22.3 Å². The van der Waals surface area contributed by atoms with Crippen LogP contribution in [0.4, 0.5) is 5.82 Å². The minimum absolute atomic E-state index is 0.309. The van der Waals surface area contributed by atoms with Crippen LogP contribution in [-0.4, -0.2) is 31.6 Å². The van der Waals surface area contributed by atoms with E-state index in [9.17, 15) is 0 Å². The Morgan fingerprint density at radius 3 is 2.77 bits per heavy atom. The molecule has 0 spiro atoms. The Hall–Kier alpha value is -3.10. The molecule has 1 aromatic carbocycles. The Balaban J connectivity index is 1.57. The molecule has 0 saturated heterocycles. The van der Waals surface area contributed by atoms with Gasteiger partial charge in [-0.25, -0.2) is 9.97 Å². The first kappa shape index (κ1) is 19.8. The molecule has 1 aliphatic carbocycles. The van der Waals surface area contributed by atoms with Crippen molar-refractivity contribution in [2.75, 3.05) is 12.3 Å². The van der Waals surface area contributed by atoms with Crippen molar-refractivity contribution in [1.82, 2.24) is 19.4 Å². The number of hydrogen-bond donors (Lipinski definition) is 4. The number of nitrogen functional groups attached to an aromatic ring is 1. The lowest BCUT2D eigenvalue weighted by Gasteiger charge is -2.28. The predicted octanol–water partition coefficient (Wildman–Crippen LogP) is 3.66. The molecular weight excluding hydrogens is 412 g/mol. The summed E-state index contributed by atoms with van der Waals surface area (Å²) >= 11 is 6.38. The van der Waals surface area contributed by atoms with Crippen molar-refractivity contribution < 1.29 is 0 Å². The Labute approximate surface area is 184 Å². The zero-order valence-corrected chi connectivity index (χ0v) is 17.8. The molecule has 0 aliphatic heterocycles. The minimum Gasteiger partial charge on any atom is -0.382 e. The number of halogens is 1. The van der Waals surface area contributed by atoms with Crippen LogP contribution in [0.1, 0.15) is 37.4 Å². The highest BCUT2D eigenvalue weighted by atomic mass is 35.5. The van der Waals surface area contributed by atoms with E-state index in [1.54, 1.807) is 6.20 Å². The Morgan fingerprint density at radius 2 is 2.06 bits per heavy atom. The molecule has 3 heterocycles. The van der Waals surface area contributed by atoms with Gasteiger partial charge in [-0.05, 0) is 37.8 Å². The number of nitrogens with zero attached hydrogens (tertiary/aromatic N) is 4. The molecule has 31 heavy (non-hydrogen) atoms. The van der Waals surface area contributed by atoms with Crippen LogP contribution < -0.4 is 17.3 Å². The van der Waals surface area contributed by atoms with Gasteiger partial charge in [-0.1, -0.05) is 23.7 Å². The van der Waals surface area contributed by atoms with Crippen LogP contribution in [0.25, 0.3) is 27.8 Å². The monoisotopic (exact) mass is 436 g/mol. The molecule has 1 fully saturated rings. The fourth-order valence-electron chi connectivity index (χ4n) is 4.82. The SMILES string of the molecule is NC/C(=N\N)C1CCC(c2nc(-c3cc4cccc(Cl)c4[nH]3)c3c(N)nccn23)CC1. The smallest absolute Gasteiger partial charge is 0.150 e. The number of imidazole rings is 1. The molecule has 8 nitrogen and oxygen atoms in total. The lowest BCUT2D eigenvalue weighted by Crippen LogP contribution is -2.28. The number of rotatable bonds is 4. The summed E-state index contributed by atoms with van der Waals surface area (Å²) in [5.74, 6) is 7.63. The summed E-state index contributed by atoms with van der Waals surface area (Å²) in [6, 6.07) is 7.89. The zero-order chi connectivity index (χ0) is 21.5. The van der Waals surface area contributed by atoms with Gasteiger partial charge >= 0.3 is 0 Å². The van der Waals surface area contributed by atoms with Gasteiger partial charge in [-0.3, -0.25) is 4.40 Å². The molecule has 5 rings (SSSR count). The Morgan fingerprint density at radius 1 is 1.26 bits per heavy atom. The summed E-state index contributed by atoms with van der Waals surface area (Å²) in [4.78, 5) is 12.8. The number of hydrogen-bond acceptors (Lipinski definition) is 6. The summed E-state index contributed by atoms with van der Waals surface area (Å²) in [6.45, 7) is 0.410. The molecule has 0 atom stereocenters. The van der Waals surface area contributed by atoms with E-state index in [0.29, 0.717) is 29.2 Å². The van der Waals surface area contributed by atoms with E-state index in [1.165, 1.54) is 0 Å². The van der Waals surface area contributed by atoms with E-state index in [4.69, 9.17) is 33.9 Å². The van der Waals surface area contributed by atoms with Gasteiger partial charge in [0.05, 0.1) is 21.9 Å². The number of nitrogens with one attached hydrogen (secondary N) is 1. The van der Waals surface area contributed by atoms with E-state index in [0.717, 1.165) is 65.0 Å². The van der Waals surface area contributed by atoms with Crippen molar-refractivity contribution in [2.24, 2.45) is 22.6 Å². The predicted molar refractivity (Wildman–Crippen MR) is 125 cm³/mol. The Bertz CT molecular complexity index is 1280. The zero-order valence-electron chi connectivity index (χ0n) is 17.1. The molecular formula is C22H25ClN8. The number of aromatic nitrogens is 4. The highest BCUT2D eigenvalue weighted by Gasteiger charge is 2.29. The normalized spacial score (nSPS) is 20.0. The summed E-state index contributed by atoms with van der Waals surface area (Å²) in [6.07, 6.45) is 7.62. The van der Waals surface area contributed by atoms with Crippen LogP contribution in [0.2, 0.25) is 5.02 Å². The van der Waals surface area contributed by atoms with Crippen molar-refractivity contribution in [3.8, 4) is 11.4 Å². The number of anilines is 1. The molecule has 0 bridgehead atoms. The van der Waals surface area contributed by atoms with E-state index in [1.807, 2.05) is 24.4 Å². The van der Waals surface area contributed by atoms with Crippen LogP contribution in [0.5, 0.6) is 0 Å². The van der Waals surface area contributed by atoms with Gasteiger partial charge in [0, 0.05) is 36.2 Å². The summed E-state index contributed by atoms with van der Waals surface area (Å²) in [5.41, 5.74) is 16.4. The fourth-order valence-corrected chi connectivity index (χ4v) is 5.05. The minimum atomic E-state index is 0.309. The second kappa shape index (κ2) is 7.86. The van der Waals surface area contributed by atoms with Crippen molar-refractivity contribution in [1.29, 1.82) is 0 Å². The average molecular weight is 437 g/mol. The number of aromatic amines is 1. The van der Waals surface area contributed by atoms with E-state index < -0.39 is 0 Å². The number of nitrogens with two attached hydrogens (primary N) is 3. The van der Waals surface area contributed by atoms with Gasteiger partial charge in [0.1, 0.15) is 22.9 Å². The van der Waals surface area contributed by atoms with Gasteiger partial charge in [-0.2, -0.15) is 5.10 Å². The third kappa shape index (κ3) is 3.32. The highest BCUT2D eigenvalue weighted by Crippen LogP contribution is 2.39. The van der Waals surface area contributed by atoms with Crippen molar-refractivity contribution >= 4 is 39.6 Å². The second-order valence-electron chi connectivity index (χ2n) is 8.11. The van der Waals surface area contributed by atoms with Gasteiger partial charge in [0.15, 0.2) is 0 Å². The second-order valence-corrected chi connectivity index (χ2v) is 8.52. The van der Waals surface area contributed by atoms with Crippen molar-refractivity contribution in [2.45, 2.75) is 31.6 Å². The molecule has 4 aromatic rings. The molecule has 7 N–H and O–H groups in total. The molecule has 3 aromatic heterocycles. The highest BCUT2D eigenvalue weighted by molar-refractivity contribution is 6.35. The quantitative estimate of drug-likeness (QED) is 0.220. The summed E-state index contributed by atoms with van der Waals surface area (Å²) in [7, 11) is 0. The average Bonchev–Trinajstić information content (AvgIpc) is 3.39. The molecule has 9 heteroatoms. The standard InChI is InChI=1S/C22H25ClN8/c23-15-3-1-2-14-10-16(28-18(14)15)19-20-21(25)27-8-9-31(20)22(29-19)13-6-4-12(5-7-13)17(11-24)30-26/h1-3,8-10,12-13,28H,4-7,11,24,26H2,(H2,25,27)/b30-17+. The first-order chi connectivity index (χ1) is 15.1. The van der Waals surface area contributed by atoms with E-state index in [-0.39, 0.29) is 0 Å². The van der Waals surface area contributed by atoms with Crippen molar-refractivity contribution in [3.63, 3.8) is 0 Å². The number of para-hydroxylation sites is 1. The maximum absolute atomic E-state index is 6.38. The largest absolute Gasteiger partial charge is 0.382 e. The van der Waals surface area contributed by atoms with Crippen LogP contribution in [-0.2, 0) is 0 Å². The fraction of sp³-hybridized carbons (Fsp3) is 0.318. The van der Waals surface area contributed by atoms with Crippen LogP contribution in [0.3, 0.4) is 0 Å². The number of H-pyrrole nitrogens is 1. The number of fused-ring (bicyclic) bond motifs is 2. The van der Waals surface area contributed by atoms with E-state index >= 15 is 0 Å². The summed E-state index contributed by atoms with van der Waals surface area (Å²) in [5, 5.41) is 5.60. The van der Waals surface area contributed by atoms with Crippen molar-refractivity contribution in [3.05, 3.63) is 47.5 Å². The molecule has 0 amide bonds. The Kier molecular flexibility index (Phi) is 5.03. The topological polar surface area (TPSA) is 136 Å². The molecule has 0 unspecified atom stereocenters. The lowest BCUT2D eigenvalue weighted by atomic mass is 9.79. The van der Waals surface area contributed by atoms with Gasteiger partial charge in [-0.15, -0.1) is 0 Å². The van der Waals surface area contributed by atoms with Gasteiger partial charge in [0.2, 0.25) is 0 Å². The van der Waals surface area contributed by atoms with E-state index in [2.05, 4.69) is 25.5 Å². The third-order valence-electron chi connectivity index (χ3n) is 6.41. The number of hydrazone groups is 1. The molecule has 1 saturated carbocycles. The maximum atomic E-state index is 6.38. The van der Waals surface area contributed by atoms with Crippen LogP contribution in [0.15, 0.2) is 41.8 Å².